The van der Waals surface area contributed by atoms with Crippen molar-refractivity contribution in [2.75, 3.05) is 12.4 Å². The van der Waals surface area contributed by atoms with E-state index >= 15 is 0 Å². The van der Waals surface area contributed by atoms with Crippen LogP contribution in [0.1, 0.15) is 5.56 Å². The number of ether oxygens (including phenoxy) is 1. The summed E-state index contributed by atoms with van der Waals surface area (Å²) in [6.45, 7) is 0. The van der Waals surface area contributed by atoms with Crippen molar-refractivity contribution in [2.24, 2.45) is 0 Å². The zero-order valence-corrected chi connectivity index (χ0v) is 10.8. The zero-order chi connectivity index (χ0) is 13.1. The topological polar surface area (TPSA) is 57.9 Å². The van der Waals surface area contributed by atoms with Crippen LogP contribution in [0.5, 0.6) is 5.75 Å². The van der Waals surface area contributed by atoms with E-state index in [2.05, 4.69) is 9.69 Å². The normalized spacial score (nSPS) is 9.89. The molecule has 0 amide bonds. The first-order chi connectivity index (χ1) is 8.63. The number of rotatable bonds is 3. The van der Waals surface area contributed by atoms with Gasteiger partial charge in [-0.15, -0.1) is 0 Å². The van der Waals surface area contributed by atoms with Gasteiger partial charge in [0.05, 0.1) is 7.11 Å². The van der Waals surface area contributed by atoms with E-state index < -0.39 is 5.82 Å². The summed E-state index contributed by atoms with van der Waals surface area (Å²) < 4.78 is 22.1. The number of hydrogen-bond acceptors (Lipinski definition) is 5. The highest BCUT2D eigenvalue weighted by molar-refractivity contribution is 7.10. The Morgan fingerprint density at radius 3 is 2.94 bits per heavy atom. The van der Waals surface area contributed by atoms with Gasteiger partial charge in [-0.25, -0.2) is 4.39 Å². The third-order valence-electron chi connectivity index (χ3n) is 2.13. The molecule has 92 valence electrons. The lowest BCUT2D eigenvalue weighted by Crippen LogP contribution is -1.93. The van der Waals surface area contributed by atoms with Crippen LogP contribution < -0.4 is 10.1 Å². The van der Waals surface area contributed by atoms with E-state index in [-0.39, 0.29) is 10.7 Å². The van der Waals surface area contributed by atoms with E-state index in [0.29, 0.717) is 16.4 Å². The first-order valence-electron chi connectivity index (χ1n) is 4.81. The van der Waals surface area contributed by atoms with Gasteiger partial charge in [0, 0.05) is 17.8 Å². The largest absolute Gasteiger partial charge is 0.497 e. The molecule has 1 N–H and O–H groups in total. The van der Waals surface area contributed by atoms with E-state index in [1.807, 2.05) is 6.07 Å². The van der Waals surface area contributed by atoms with Crippen LogP contribution in [0.4, 0.5) is 15.1 Å². The van der Waals surface area contributed by atoms with Crippen molar-refractivity contribution in [3.05, 3.63) is 34.7 Å². The number of halogens is 2. The number of aromatic nitrogens is 1. The Morgan fingerprint density at radius 2 is 2.28 bits per heavy atom. The van der Waals surface area contributed by atoms with Gasteiger partial charge >= 0.3 is 0 Å². The second-order valence-corrected chi connectivity index (χ2v) is 4.43. The lowest BCUT2D eigenvalue weighted by atomic mass is 10.3. The zero-order valence-electron chi connectivity index (χ0n) is 9.20. The molecule has 0 unspecified atom stereocenters. The van der Waals surface area contributed by atoms with Gasteiger partial charge in [0.2, 0.25) is 0 Å². The van der Waals surface area contributed by atoms with Gasteiger partial charge in [-0.1, -0.05) is 11.6 Å². The summed E-state index contributed by atoms with van der Waals surface area (Å²) in [4.78, 5) is 0. The fourth-order valence-corrected chi connectivity index (χ4v) is 2.29. The molecule has 0 aliphatic carbocycles. The highest BCUT2D eigenvalue weighted by atomic mass is 35.5. The van der Waals surface area contributed by atoms with Crippen molar-refractivity contribution < 1.29 is 9.13 Å². The van der Waals surface area contributed by atoms with Crippen molar-refractivity contribution in [3.8, 4) is 11.8 Å². The van der Waals surface area contributed by atoms with Crippen LogP contribution in [0.3, 0.4) is 0 Å². The molecule has 0 spiro atoms. The summed E-state index contributed by atoms with van der Waals surface area (Å²) in [7, 11) is 1.45. The molecular formula is C11H7ClFN3OS. The molecule has 2 rings (SSSR count). The second-order valence-electron chi connectivity index (χ2n) is 3.29. The molecule has 0 atom stereocenters. The van der Waals surface area contributed by atoms with Crippen LogP contribution in [0.25, 0.3) is 0 Å². The molecule has 1 aromatic carbocycles. The van der Waals surface area contributed by atoms with E-state index in [1.165, 1.54) is 19.2 Å². The van der Waals surface area contributed by atoms with Crippen LogP contribution >= 0.6 is 23.1 Å². The first kappa shape index (κ1) is 12.6. The monoisotopic (exact) mass is 283 g/mol. The molecule has 7 heteroatoms. The minimum atomic E-state index is -0.439. The van der Waals surface area contributed by atoms with Crippen molar-refractivity contribution in [1.29, 1.82) is 5.26 Å². The minimum Gasteiger partial charge on any atom is -0.497 e. The lowest BCUT2D eigenvalue weighted by Gasteiger charge is -2.06. The van der Waals surface area contributed by atoms with Gasteiger partial charge in [0.25, 0.3) is 0 Å². The van der Waals surface area contributed by atoms with Crippen molar-refractivity contribution in [2.45, 2.75) is 0 Å². The van der Waals surface area contributed by atoms with Crippen molar-refractivity contribution in [3.63, 3.8) is 0 Å². The molecule has 18 heavy (non-hydrogen) atoms. The average Bonchev–Trinajstić information content (AvgIpc) is 2.69. The third kappa shape index (κ3) is 2.53. The van der Waals surface area contributed by atoms with Crippen LogP contribution in [0, 0.1) is 17.1 Å². The molecule has 0 radical (unpaired) electrons. The predicted octanol–water partition coefficient (Wildman–Crippen LogP) is 3.56. The summed E-state index contributed by atoms with van der Waals surface area (Å²) >= 11 is 6.78. The third-order valence-corrected chi connectivity index (χ3v) is 3.26. The number of nitrogens with zero attached hydrogens (tertiary/aromatic N) is 2. The first-order valence-corrected chi connectivity index (χ1v) is 5.96. The van der Waals surface area contributed by atoms with E-state index in [0.717, 1.165) is 11.5 Å². The molecule has 0 aliphatic heterocycles. The number of methoxy groups -OCH3 is 1. The fraction of sp³-hybridized carbons (Fsp3) is 0.0909. The predicted molar refractivity (Wildman–Crippen MR) is 68.1 cm³/mol. The van der Waals surface area contributed by atoms with Crippen molar-refractivity contribution >= 4 is 33.8 Å². The van der Waals surface area contributed by atoms with Crippen molar-refractivity contribution in [1.82, 2.24) is 4.37 Å². The Labute approximate surface area is 112 Å². The van der Waals surface area contributed by atoms with Gasteiger partial charge < -0.3 is 10.1 Å². The molecule has 1 aromatic heterocycles. The van der Waals surface area contributed by atoms with Crippen LogP contribution in [-0.4, -0.2) is 11.5 Å². The molecule has 4 nitrogen and oxygen atoms in total. The molecule has 0 aliphatic rings. The number of nitriles is 1. The molecular weight excluding hydrogens is 277 g/mol. The maximum Gasteiger partial charge on any atom is 0.162 e. The van der Waals surface area contributed by atoms with Gasteiger partial charge in [0.1, 0.15) is 28.2 Å². The summed E-state index contributed by atoms with van der Waals surface area (Å²) in [6, 6.07) is 6.09. The molecule has 0 saturated heterocycles. The minimum absolute atomic E-state index is 0.133. The molecule has 0 fully saturated rings. The SMILES string of the molecule is COc1cc(F)cc(Nc2snc(Cl)c2C#N)c1. The standard InChI is InChI=1S/C11H7ClFN3OS/c1-17-8-3-6(13)2-7(4-8)15-11-9(5-14)10(12)16-18-11/h2-4,15H,1H3. The van der Waals surface area contributed by atoms with Crippen LogP contribution in [0.2, 0.25) is 5.15 Å². The number of anilines is 2. The quantitative estimate of drug-likeness (QED) is 0.936. The summed E-state index contributed by atoms with van der Waals surface area (Å²) in [5.74, 6) is -0.0578. The van der Waals surface area contributed by atoms with E-state index in [4.69, 9.17) is 21.6 Å². The Hall–Kier alpha value is -1.84. The molecule has 0 saturated carbocycles. The van der Waals surface area contributed by atoms with Gasteiger partial charge in [0.15, 0.2) is 5.15 Å². The summed E-state index contributed by atoms with van der Waals surface area (Å²) in [5.41, 5.74) is 0.702. The maximum absolute atomic E-state index is 13.3. The number of benzene rings is 1. The fourth-order valence-electron chi connectivity index (χ4n) is 1.34. The Bertz CT molecular complexity index is 623. The second kappa shape index (κ2) is 5.21. The number of hydrogen-bond donors (Lipinski definition) is 1. The Balaban J connectivity index is 2.34. The van der Waals surface area contributed by atoms with Gasteiger partial charge in [-0.05, 0) is 17.6 Å². The van der Waals surface area contributed by atoms with Gasteiger partial charge in [-0.3, -0.25) is 0 Å². The number of nitrogens with one attached hydrogen (secondary N) is 1. The maximum atomic E-state index is 13.3. The lowest BCUT2D eigenvalue weighted by molar-refractivity contribution is 0.411. The summed E-state index contributed by atoms with van der Waals surface area (Å²) in [6.07, 6.45) is 0. The highest BCUT2D eigenvalue weighted by Crippen LogP contribution is 2.31. The molecule has 1 heterocycles. The van der Waals surface area contributed by atoms with E-state index in [1.54, 1.807) is 6.07 Å². The molecule has 2 aromatic rings. The highest BCUT2D eigenvalue weighted by Gasteiger charge is 2.12. The summed E-state index contributed by atoms with van der Waals surface area (Å²) in [5, 5.41) is 12.4. The Kier molecular flexibility index (Phi) is 3.65. The Morgan fingerprint density at radius 1 is 1.50 bits per heavy atom. The average molecular weight is 284 g/mol. The van der Waals surface area contributed by atoms with Crippen LogP contribution in [-0.2, 0) is 0 Å². The molecule has 0 bridgehead atoms. The van der Waals surface area contributed by atoms with Crippen LogP contribution in [0.15, 0.2) is 18.2 Å². The smallest absolute Gasteiger partial charge is 0.162 e. The van der Waals surface area contributed by atoms with Gasteiger partial charge in [-0.2, -0.15) is 9.64 Å². The van der Waals surface area contributed by atoms with E-state index in [9.17, 15) is 4.39 Å².